The van der Waals surface area contributed by atoms with Crippen LogP contribution in [0.25, 0.3) is 0 Å². The Hall–Kier alpha value is -1.68. The molecule has 1 aromatic carbocycles. The third-order valence-electron chi connectivity index (χ3n) is 4.01. The number of fused-ring (bicyclic) bond motifs is 1. The van der Waals surface area contributed by atoms with Gasteiger partial charge < -0.3 is 9.72 Å². The fourth-order valence-corrected chi connectivity index (χ4v) is 3.24. The molecule has 21 heavy (non-hydrogen) atoms. The molecule has 2 aromatic rings. The first-order chi connectivity index (χ1) is 10.3. The lowest BCUT2D eigenvalue weighted by molar-refractivity contribution is 0.414. The Morgan fingerprint density at radius 1 is 1.24 bits per heavy atom. The van der Waals surface area contributed by atoms with E-state index in [0.29, 0.717) is 0 Å². The van der Waals surface area contributed by atoms with Gasteiger partial charge in [0.1, 0.15) is 16.2 Å². The van der Waals surface area contributed by atoms with Crippen LogP contribution in [0.3, 0.4) is 0 Å². The zero-order chi connectivity index (χ0) is 14.7. The van der Waals surface area contributed by atoms with Crippen LogP contribution in [0, 0.1) is 4.64 Å². The van der Waals surface area contributed by atoms with Gasteiger partial charge in [0.2, 0.25) is 0 Å². The predicted octanol–water partition coefficient (Wildman–Crippen LogP) is 4.01. The highest BCUT2D eigenvalue weighted by molar-refractivity contribution is 7.71. The number of hydrogen-bond donors (Lipinski definition) is 1. The van der Waals surface area contributed by atoms with Gasteiger partial charge in [-0.25, -0.2) is 4.98 Å². The van der Waals surface area contributed by atoms with Gasteiger partial charge in [0.25, 0.3) is 0 Å². The maximum Gasteiger partial charge on any atom is 0.133 e. The standard InChI is InChI=1S/C17H20N2OS/c1-20-13-7-5-6-12(10-13)11-16-18-15-9-4-2-3-8-14(15)17(21)19-16/h5-7,10H,2-4,8-9,11H2,1H3,(H,18,19,21). The SMILES string of the molecule is COc1cccc(Cc2nc(=S)c3c([nH]2)CCCCC3)c1. The Morgan fingerprint density at radius 3 is 2.95 bits per heavy atom. The van der Waals surface area contributed by atoms with Crippen molar-refractivity contribution in [2.24, 2.45) is 0 Å². The Balaban J connectivity index is 1.90. The van der Waals surface area contributed by atoms with E-state index in [1.165, 1.54) is 36.1 Å². The van der Waals surface area contributed by atoms with E-state index in [1.54, 1.807) is 7.11 Å². The van der Waals surface area contributed by atoms with Crippen molar-refractivity contribution in [3.05, 3.63) is 51.6 Å². The predicted molar refractivity (Wildman–Crippen MR) is 86.5 cm³/mol. The molecule has 1 heterocycles. The largest absolute Gasteiger partial charge is 0.497 e. The number of methoxy groups -OCH3 is 1. The summed E-state index contributed by atoms with van der Waals surface area (Å²) in [6.07, 6.45) is 6.66. The van der Waals surface area contributed by atoms with Crippen molar-refractivity contribution in [1.82, 2.24) is 9.97 Å². The minimum atomic E-state index is 0.758. The van der Waals surface area contributed by atoms with Gasteiger partial charge in [0, 0.05) is 17.7 Å². The van der Waals surface area contributed by atoms with Crippen molar-refractivity contribution < 1.29 is 4.74 Å². The summed E-state index contributed by atoms with van der Waals surface area (Å²) in [5.41, 5.74) is 3.74. The first-order valence-electron chi connectivity index (χ1n) is 7.50. The molecule has 0 bridgehead atoms. The molecule has 1 N–H and O–H groups in total. The van der Waals surface area contributed by atoms with E-state index in [4.69, 9.17) is 17.0 Å². The van der Waals surface area contributed by atoms with Gasteiger partial charge in [-0.15, -0.1) is 0 Å². The van der Waals surface area contributed by atoms with E-state index < -0.39 is 0 Å². The summed E-state index contributed by atoms with van der Waals surface area (Å²) in [4.78, 5) is 8.11. The van der Waals surface area contributed by atoms with Crippen LogP contribution in [-0.2, 0) is 19.3 Å². The summed E-state index contributed by atoms with van der Waals surface area (Å²) in [6, 6.07) is 8.10. The number of nitrogens with zero attached hydrogens (tertiary/aromatic N) is 1. The molecule has 0 atom stereocenters. The van der Waals surface area contributed by atoms with E-state index in [-0.39, 0.29) is 0 Å². The Bertz CT molecular complexity index is 693. The zero-order valence-corrected chi connectivity index (χ0v) is 13.1. The quantitative estimate of drug-likeness (QED) is 0.687. The molecular formula is C17H20N2OS. The van der Waals surface area contributed by atoms with Gasteiger partial charge in [0.15, 0.2) is 0 Å². The van der Waals surface area contributed by atoms with Crippen molar-refractivity contribution in [3.63, 3.8) is 0 Å². The van der Waals surface area contributed by atoms with Crippen LogP contribution < -0.4 is 4.74 Å². The Labute approximate surface area is 130 Å². The van der Waals surface area contributed by atoms with Crippen molar-refractivity contribution in [2.75, 3.05) is 7.11 Å². The molecule has 0 unspecified atom stereocenters. The van der Waals surface area contributed by atoms with Gasteiger partial charge >= 0.3 is 0 Å². The summed E-state index contributed by atoms with van der Waals surface area (Å²) in [5, 5.41) is 0. The van der Waals surface area contributed by atoms with E-state index >= 15 is 0 Å². The second-order valence-corrected chi connectivity index (χ2v) is 5.92. The number of H-pyrrole nitrogens is 1. The highest BCUT2D eigenvalue weighted by Gasteiger charge is 2.12. The van der Waals surface area contributed by atoms with E-state index in [0.717, 1.165) is 35.5 Å². The van der Waals surface area contributed by atoms with Gasteiger partial charge in [-0.3, -0.25) is 0 Å². The van der Waals surface area contributed by atoms with Gasteiger partial charge in [-0.2, -0.15) is 0 Å². The molecule has 0 radical (unpaired) electrons. The summed E-state index contributed by atoms with van der Waals surface area (Å²) in [5.74, 6) is 1.83. The van der Waals surface area contributed by atoms with E-state index in [1.807, 2.05) is 18.2 Å². The van der Waals surface area contributed by atoms with E-state index in [2.05, 4.69) is 16.0 Å². The van der Waals surface area contributed by atoms with Crippen LogP contribution in [0.4, 0.5) is 0 Å². The number of ether oxygens (including phenoxy) is 1. The van der Waals surface area contributed by atoms with Gasteiger partial charge in [0.05, 0.1) is 7.11 Å². The molecule has 0 saturated heterocycles. The normalized spacial score (nSPS) is 14.3. The van der Waals surface area contributed by atoms with Crippen LogP contribution in [0.15, 0.2) is 24.3 Å². The summed E-state index contributed by atoms with van der Waals surface area (Å²) >= 11 is 5.50. The van der Waals surface area contributed by atoms with Crippen LogP contribution in [-0.4, -0.2) is 17.1 Å². The monoisotopic (exact) mass is 300 g/mol. The molecule has 3 nitrogen and oxygen atoms in total. The smallest absolute Gasteiger partial charge is 0.133 e. The van der Waals surface area contributed by atoms with Crippen molar-refractivity contribution >= 4 is 12.2 Å². The number of aryl methyl sites for hydroxylation is 1. The second-order valence-electron chi connectivity index (χ2n) is 5.53. The minimum Gasteiger partial charge on any atom is -0.497 e. The van der Waals surface area contributed by atoms with Crippen LogP contribution >= 0.6 is 12.2 Å². The molecule has 0 spiro atoms. The highest BCUT2D eigenvalue weighted by atomic mass is 32.1. The third kappa shape index (κ3) is 3.32. The zero-order valence-electron chi connectivity index (χ0n) is 12.3. The van der Waals surface area contributed by atoms with Crippen molar-refractivity contribution in [3.8, 4) is 5.75 Å². The lowest BCUT2D eigenvalue weighted by Gasteiger charge is -2.10. The Morgan fingerprint density at radius 2 is 2.10 bits per heavy atom. The summed E-state index contributed by atoms with van der Waals surface area (Å²) in [6.45, 7) is 0. The lowest BCUT2D eigenvalue weighted by Crippen LogP contribution is -2.05. The average molecular weight is 300 g/mol. The summed E-state index contributed by atoms with van der Waals surface area (Å²) < 4.78 is 6.05. The molecule has 1 aromatic heterocycles. The highest BCUT2D eigenvalue weighted by Crippen LogP contribution is 2.21. The van der Waals surface area contributed by atoms with E-state index in [9.17, 15) is 0 Å². The molecule has 110 valence electrons. The van der Waals surface area contributed by atoms with Gasteiger partial charge in [-0.1, -0.05) is 30.8 Å². The maximum atomic E-state index is 5.50. The maximum absolute atomic E-state index is 5.50. The Kier molecular flexibility index (Phi) is 4.34. The summed E-state index contributed by atoms with van der Waals surface area (Å²) in [7, 11) is 1.69. The average Bonchev–Trinajstić information content (AvgIpc) is 2.73. The van der Waals surface area contributed by atoms with Crippen molar-refractivity contribution in [2.45, 2.75) is 38.5 Å². The number of rotatable bonds is 3. The van der Waals surface area contributed by atoms with Crippen LogP contribution in [0.2, 0.25) is 0 Å². The first kappa shape index (κ1) is 14.3. The van der Waals surface area contributed by atoms with Crippen LogP contribution in [0.5, 0.6) is 5.75 Å². The molecule has 0 fully saturated rings. The number of aromatic nitrogens is 2. The molecular weight excluding hydrogens is 280 g/mol. The molecule has 0 aliphatic heterocycles. The minimum absolute atomic E-state index is 0.758. The topological polar surface area (TPSA) is 37.9 Å². The molecule has 0 saturated carbocycles. The number of hydrogen-bond acceptors (Lipinski definition) is 3. The fourth-order valence-electron chi connectivity index (χ4n) is 2.91. The first-order valence-corrected chi connectivity index (χ1v) is 7.91. The molecule has 0 amide bonds. The molecule has 1 aliphatic rings. The van der Waals surface area contributed by atoms with Gasteiger partial charge in [-0.05, 0) is 43.4 Å². The number of benzene rings is 1. The molecule has 4 heteroatoms. The van der Waals surface area contributed by atoms with Crippen LogP contribution in [0.1, 0.15) is 41.9 Å². The number of nitrogens with one attached hydrogen (secondary N) is 1. The second kappa shape index (κ2) is 6.39. The van der Waals surface area contributed by atoms with Crippen molar-refractivity contribution in [1.29, 1.82) is 0 Å². The lowest BCUT2D eigenvalue weighted by atomic mass is 10.1. The number of aromatic amines is 1. The molecule has 1 aliphatic carbocycles. The molecule has 3 rings (SSSR count). The fraction of sp³-hybridized carbons (Fsp3) is 0.412. The third-order valence-corrected chi connectivity index (χ3v) is 4.35.